The molecule has 0 aliphatic rings. The lowest BCUT2D eigenvalue weighted by atomic mass is 9.71. The zero-order valence-electron chi connectivity index (χ0n) is 10.6. The minimum Gasteiger partial charge on any atom is -0.390 e. The van der Waals surface area contributed by atoms with Crippen molar-refractivity contribution < 1.29 is 34.5 Å². The van der Waals surface area contributed by atoms with Crippen molar-refractivity contribution in [3.8, 4) is 0 Å². The molecule has 0 radical (unpaired) electrons. The van der Waals surface area contributed by atoms with Gasteiger partial charge in [-0.1, -0.05) is 0 Å². The number of Topliss-reactive ketones (excluding diaryl/α,β-unsaturated/α-hetero) is 4. The van der Waals surface area contributed by atoms with Crippen LogP contribution in [-0.2, 0) is 19.2 Å². The van der Waals surface area contributed by atoms with Crippen molar-refractivity contribution in [3.05, 3.63) is 0 Å². The van der Waals surface area contributed by atoms with Crippen LogP contribution < -0.4 is 0 Å². The predicted molar refractivity (Wildman–Crippen MR) is 58.6 cm³/mol. The van der Waals surface area contributed by atoms with Crippen molar-refractivity contribution in [1.82, 2.24) is 0 Å². The van der Waals surface area contributed by atoms with Crippen LogP contribution in [-0.4, -0.2) is 55.8 Å². The molecule has 0 bridgehead atoms. The summed E-state index contributed by atoms with van der Waals surface area (Å²) < 4.78 is 0. The smallest absolute Gasteiger partial charge is 0.240 e. The van der Waals surface area contributed by atoms with Gasteiger partial charge in [-0.2, -0.15) is 0 Å². The Bertz CT molecular complexity index is 412. The Hall–Kier alpha value is -1.44. The summed E-state index contributed by atoms with van der Waals surface area (Å²) in [7, 11) is 0. The Morgan fingerprint density at radius 2 is 1.33 bits per heavy atom. The fourth-order valence-corrected chi connectivity index (χ4v) is 1.71. The fraction of sp³-hybridized carbons (Fsp3) is 0.636. The van der Waals surface area contributed by atoms with Crippen LogP contribution in [0.15, 0.2) is 0 Å². The van der Waals surface area contributed by atoms with Gasteiger partial charge in [0.15, 0.2) is 23.0 Å². The largest absolute Gasteiger partial charge is 0.390 e. The molecule has 7 heteroatoms. The Balaban J connectivity index is 6.19. The van der Waals surface area contributed by atoms with Crippen LogP contribution >= 0.6 is 0 Å². The zero-order chi connectivity index (χ0) is 14.9. The van der Waals surface area contributed by atoms with Crippen LogP contribution in [0.1, 0.15) is 27.7 Å². The third kappa shape index (κ3) is 2.12. The SMILES string of the molecule is CC(=O)C(=O)[C@@](O)(C(C)=O)[C@@](O)(C(C)=O)[C@@H](C)O. The Labute approximate surface area is 103 Å². The van der Waals surface area contributed by atoms with Crippen LogP contribution in [0, 0.1) is 0 Å². The summed E-state index contributed by atoms with van der Waals surface area (Å²) in [6, 6.07) is 0. The highest BCUT2D eigenvalue weighted by Crippen LogP contribution is 2.30. The minimum atomic E-state index is -3.29. The number of hydrogen-bond acceptors (Lipinski definition) is 7. The topological polar surface area (TPSA) is 129 Å². The average Bonchev–Trinajstić information content (AvgIpc) is 2.24. The monoisotopic (exact) mass is 260 g/mol. The lowest BCUT2D eigenvalue weighted by molar-refractivity contribution is -0.202. The molecule has 0 saturated carbocycles. The van der Waals surface area contributed by atoms with Gasteiger partial charge in [0, 0.05) is 6.92 Å². The molecule has 0 unspecified atom stereocenters. The quantitative estimate of drug-likeness (QED) is 0.378. The maximum Gasteiger partial charge on any atom is 0.240 e. The molecule has 7 nitrogen and oxygen atoms in total. The Kier molecular flexibility index (Phi) is 4.65. The molecule has 18 heavy (non-hydrogen) atoms. The molecule has 0 aliphatic carbocycles. The van der Waals surface area contributed by atoms with Gasteiger partial charge in [0.1, 0.15) is 0 Å². The van der Waals surface area contributed by atoms with Crippen LogP contribution in [0.2, 0.25) is 0 Å². The Morgan fingerprint density at radius 3 is 1.50 bits per heavy atom. The van der Waals surface area contributed by atoms with E-state index in [0.717, 1.165) is 27.7 Å². The summed E-state index contributed by atoms with van der Waals surface area (Å²) in [5, 5.41) is 29.5. The Morgan fingerprint density at radius 1 is 0.944 bits per heavy atom. The van der Waals surface area contributed by atoms with E-state index in [0.29, 0.717) is 0 Å². The van der Waals surface area contributed by atoms with Gasteiger partial charge in [0.2, 0.25) is 11.4 Å². The molecule has 102 valence electrons. The number of carbonyl (C=O) groups is 4. The zero-order valence-corrected chi connectivity index (χ0v) is 10.6. The first-order valence-corrected chi connectivity index (χ1v) is 5.14. The first-order chi connectivity index (χ1) is 7.93. The summed E-state index contributed by atoms with van der Waals surface area (Å²) in [6.07, 6.45) is -1.92. The molecule has 0 heterocycles. The van der Waals surface area contributed by atoms with Gasteiger partial charge in [-0.3, -0.25) is 19.2 Å². The van der Waals surface area contributed by atoms with Crippen molar-refractivity contribution in [2.24, 2.45) is 0 Å². The highest BCUT2D eigenvalue weighted by molar-refractivity contribution is 6.45. The molecule has 0 aromatic rings. The number of hydrogen-bond donors (Lipinski definition) is 3. The van der Waals surface area contributed by atoms with Crippen LogP contribution in [0.4, 0.5) is 0 Å². The van der Waals surface area contributed by atoms with E-state index in [4.69, 9.17) is 0 Å². The van der Waals surface area contributed by atoms with Gasteiger partial charge >= 0.3 is 0 Å². The number of ketones is 4. The van der Waals surface area contributed by atoms with Crippen molar-refractivity contribution in [1.29, 1.82) is 0 Å². The molecule has 3 atom stereocenters. The van der Waals surface area contributed by atoms with E-state index in [2.05, 4.69) is 0 Å². The maximum absolute atomic E-state index is 11.6. The van der Waals surface area contributed by atoms with Crippen molar-refractivity contribution in [3.63, 3.8) is 0 Å². The second-order valence-corrected chi connectivity index (χ2v) is 4.15. The highest BCUT2D eigenvalue weighted by Gasteiger charge is 2.64. The van der Waals surface area contributed by atoms with Gasteiger partial charge in [0.05, 0.1) is 6.10 Å². The highest BCUT2D eigenvalue weighted by atomic mass is 16.4. The number of carbonyl (C=O) groups excluding carboxylic acids is 4. The van der Waals surface area contributed by atoms with E-state index in [1.165, 1.54) is 0 Å². The van der Waals surface area contributed by atoms with E-state index in [9.17, 15) is 34.5 Å². The van der Waals surface area contributed by atoms with Gasteiger partial charge < -0.3 is 15.3 Å². The maximum atomic E-state index is 11.6. The minimum absolute atomic E-state index is 0.733. The first-order valence-electron chi connectivity index (χ1n) is 5.14. The number of aliphatic hydroxyl groups excluding tert-OH is 1. The van der Waals surface area contributed by atoms with Crippen LogP contribution in [0.5, 0.6) is 0 Å². The van der Waals surface area contributed by atoms with E-state index in [1.54, 1.807) is 0 Å². The van der Waals surface area contributed by atoms with E-state index in [1.807, 2.05) is 0 Å². The molecular formula is C11H16O7. The first kappa shape index (κ1) is 16.6. The number of rotatable bonds is 6. The molecule has 0 amide bonds. The molecule has 0 aromatic heterocycles. The molecule has 0 saturated heterocycles. The van der Waals surface area contributed by atoms with Crippen molar-refractivity contribution >= 4 is 23.1 Å². The van der Waals surface area contributed by atoms with Gasteiger partial charge in [-0.05, 0) is 20.8 Å². The predicted octanol–water partition coefficient (Wildman–Crippen LogP) is -1.83. The lowest BCUT2D eigenvalue weighted by Crippen LogP contribution is -2.72. The van der Waals surface area contributed by atoms with Crippen molar-refractivity contribution in [2.45, 2.75) is 45.0 Å². The van der Waals surface area contributed by atoms with E-state index < -0.39 is 40.4 Å². The molecular weight excluding hydrogens is 244 g/mol. The molecule has 0 rings (SSSR count). The molecule has 0 fully saturated rings. The summed E-state index contributed by atoms with van der Waals surface area (Å²) >= 11 is 0. The fourth-order valence-electron chi connectivity index (χ4n) is 1.71. The van der Waals surface area contributed by atoms with Gasteiger partial charge in [0.25, 0.3) is 0 Å². The summed E-state index contributed by atoms with van der Waals surface area (Å²) in [5.41, 5.74) is -6.36. The molecule has 0 aromatic carbocycles. The van der Waals surface area contributed by atoms with Crippen molar-refractivity contribution in [2.75, 3.05) is 0 Å². The van der Waals surface area contributed by atoms with E-state index in [-0.39, 0.29) is 0 Å². The lowest BCUT2D eigenvalue weighted by Gasteiger charge is -2.39. The molecule has 0 spiro atoms. The van der Waals surface area contributed by atoms with Crippen LogP contribution in [0.3, 0.4) is 0 Å². The summed E-state index contributed by atoms with van der Waals surface area (Å²) in [5.74, 6) is -5.37. The van der Waals surface area contributed by atoms with E-state index >= 15 is 0 Å². The average molecular weight is 260 g/mol. The van der Waals surface area contributed by atoms with Gasteiger partial charge in [-0.25, -0.2) is 0 Å². The number of aliphatic hydroxyl groups is 3. The second-order valence-electron chi connectivity index (χ2n) is 4.15. The third-order valence-corrected chi connectivity index (χ3v) is 2.85. The molecule has 3 N–H and O–H groups in total. The second kappa shape index (κ2) is 5.05. The third-order valence-electron chi connectivity index (χ3n) is 2.85. The normalized spacial score (nSPS) is 19.3. The summed E-state index contributed by atoms with van der Waals surface area (Å²) in [6.45, 7) is 3.22. The van der Waals surface area contributed by atoms with Crippen LogP contribution in [0.25, 0.3) is 0 Å². The standard InChI is InChI=1S/C11H16O7/c1-5(12)9(16)11(18,8(4)15)10(17,6(2)13)7(3)14/h6,13,17-18H,1-4H3/t6-,10+,11+/m1/s1. The van der Waals surface area contributed by atoms with Gasteiger partial charge in [-0.15, -0.1) is 0 Å². The molecule has 0 aliphatic heterocycles. The summed E-state index contributed by atoms with van der Waals surface area (Å²) in [4.78, 5) is 45.5.